The van der Waals surface area contributed by atoms with Crippen LogP contribution in [0.5, 0.6) is 11.5 Å². The van der Waals surface area contributed by atoms with Crippen LogP contribution >= 0.6 is 11.8 Å². The molecular formula is C21H25NO4S. The number of hydrogen-bond acceptors (Lipinski definition) is 5. The van der Waals surface area contributed by atoms with Crippen molar-refractivity contribution in [2.24, 2.45) is 0 Å². The Morgan fingerprint density at radius 2 is 1.93 bits per heavy atom. The van der Waals surface area contributed by atoms with Gasteiger partial charge in [0.05, 0.1) is 20.3 Å². The lowest BCUT2D eigenvalue weighted by atomic mass is 9.95. The molecule has 2 unspecified atom stereocenters. The van der Waals surface area contributed by atoms with Crippen LogP contribution in [0.4, 0.5) is 0 Å². The summed E-state index contributed by atoms with van der Waals surface area (Å²) in [7, 11) is 3.27. The monoisotopic (exact) mass is 387 g/mol. The third-order valence-corrected chi connectivity index (χ3v) is 5.82. The maximum atomic E-state index is 11.9. The zero-order valence-corrected chi connectivity index (χ0v) is 16.7. The Morgan fingerprint density at radius 1 is 1.19 bits per heavy atom. The summed E-state index contributed by atoms with van der Waals surface area (Å²) in [5, 5.41) is 9.73. The van der Waals surface area contributed by atoms with Gasteiger partial charge in [0.15, 0.2) is 0 Å². The van der Waals surface area contributed by atoms with Gasteiger partial charge in [-0.3, -0.25) is 9.69 Å². The lowest BCUT2D eigenvalue weighted by Crippen LogP contribution is -2.39. The summed E-state index contributed by atoms with van der Waals surface area (Å²) < 4.78 is 11.0. The highest BCUT2D eigenvalue weighted by Gasteiger charge is 2.38. The van der Waals surface area contributed by atoms with Gasteiger partial charge in [-0.1, -0.05) is 12.1 Å². The fourth-order valence-corrected chi connectivity index (χ4v) is 4.16. The van der Waals surface area contributed by atoms with Crippen molar-refractivity contribution in [3.05, 3.63) is 53.6 Å². The van der Waals surface area contributed by atoms with Crippen molar-refractivity contribution < 1.29 is 19.4 Å². The van der Waals surface area contributed by atoms with E-state index in [4.69, 9.17) is 9.47 Å². The second-order valence-electron chi connectivity index (χ2n) is 6.52. The van der Waals surface area contributed by atoms with E-state index in [9.17, 15) is 9.90 Å². The van der Waals surface area contributed by atoms with Crippen molar-refractivity contribution in [1.29, 1.82) is 0 Å². The van der Waals surface area contributed by atoms with Crippen LogP contribution in [0.15, 0.2) is 47.4 Å². The molecular weight excluding hydrogens is 362 g/mol. The molecule has 1 heterocycles. The molecule has 1 N–H and O–H groups in total. The maximum Gasteiger partial charge on any atom is 0.320 e. The number of nitrogens with zero attached hydrogens (tertiary/aromatic N) is 1. The smallest absolute Gasteiger partial charge is 0.320 e. The van der Waals surface area contributed by atoms with E-state index in [1.165, 1.54) is 4.90 Å². The summed E-state index contributed by atoms with van der Waals surface area (Å²) >= 11 is 1.68. The summed E-state index contributed by atoms with van der Waals surface area (Å²) in [5.74, 6) is 0.675. The summed E-state index contributed by atoms with van der Waals surface area (Å²) in [6.07, 6.45) is 3.56. The third kappa shape index (κ3) is 4.06. The molecule has 0 radical (unpaired) electrons. The highest BCUT2D eigenvalue weighted by atomic mass is 32.2. The zero-order chi connectivity index (χ0) is 19.4. The van der Waals surface area contributed by atoms with Crippen molar-refractivity contribution in [3.8, 4) is 11.5 Å². The molecule has 2 aromatic carbocycles. The molecule has 27 heavy (non-hydrogen) atoms. The number of carboxylic acid groups (broad SMARTS) is 1. The number of methoxy groups -OCH3 is 2. The van der Waals surface area contributed by atoms with Crippen molar-refractivity contribution >= 4 is 17.7 Å². The summed E-state index contributed by atoms with van der Waals surface area (Å²) in [4.78, 5) is 15.1. The highest BCUT2D eigenvalue weighted by Crippen LogP contribution is 2.40. The first-order valence-corrected chi connectivity index (χ1v) is 10.2. The van der Waals surface area contributed by atoms with Crippen LogP contribution in [0.3, 0.4) is 0 Å². The SMILES string of the molecule is COc1ccc(OC)c(C(c2ccc(SC)cc2)N2CCCC2C(=O)O)c1. The molecule has 144 valence electrons. The second kappa shape index (κ2) is 8.67. The lowest BCUT2D eigenvalue weighted by Gasteiger charge is -2.33. The van der Waals surface area contributed by atoms with Crippen LogP contribution in [-0.4, -0.2) is 49.0 Å². The van der Waals surface area contributed by atoms with Crippen molar-refractivity contribution in [2.45, 2.75) is 29.8 Å². The second-order valence-corrected chi connectivity index (χ2v) is 7.40. The van der Waals surface area contributed by atoms with Gasteiger partial charge in [0.1, 0.15) is 17.5 Å². The number of benzene rings is 2. The Bertz CT molecular complexity index is 793. The quantitative estimate of drug-likeness (QED) is 0.723. The van der Waals surface area contributed by atoms with Gasteiger partial charge in [-0.05, 0) is 55.0 Å². The first-order valence-electron chi connectivity index (χ1n) is 8.93. The van der Waals surface area contributed by atoms with Crippen LogP contribution in [0.2, 0.25) is 0 Å². The minimum atomic E-state index is -0.778. The van der Waals surface area contributed by atoms with E-state index in [1.807, 2.05) is 24.5 Å². The summed E-state index contributed by atoms with van der Waals surface area (Å²) in [6.45, 7) is 0.728. The zero-order valence-electron chi connectivity index (χ0n) is 15.8. The largest absolute Gasteiger partial charge is 0.497 e. The predicted molar refractivity (Wildman–Crippen MR) is 107 cm³/mol. The molecule has 0 saturated carbocycles. The van der Waals surface area contributed by atoms with E-state index in [0.717, 1.165) is 35.6 Å². The number of likely N-dealkylation sites (tertiary alicyclic amines) is 1. The first-order chi connectivity index (χ1) is 13.1. The molecule has 2 aromatic rings. The number of ether oxygens (including phenoxy) is 2. The van der Waals surface area contributed by atoms with E-state index in [0.29, 0.717) is 6.42 Å². The van der Waals surface area contributed by atoms with E-state index in [1.54, 1.807) is 26.0 Å². The minimum absolute atomic E-state index is 0.213. The third-order valence-electron chi connectivity index (χ3n) is 5.07. The van der Waals surface area contributed by atoms with Crippen molar-refractivity contribution in [3.63, 3.8) is 0 Å². The highest BCUT2D eigenvalue weighted by molar-refractivity contribution is 7.98. The molecule has 0 bridgehead atoms. The molecule has 6 heteroatoms. The molecule has 1 aliphatic rings. The lowest BCUT2D eigenvalue weighted by molar-refractivity contribution is -0.142. The Kier molecular flexibility index (Phi) is 6.29. The molecule has 3 rings (SSSR count). The van der Waals surface area contributed by atoms with E-state index in [2.05, 4.69) is 29.2 Å². The number of rotatable bonds is 7. The fraction of sp³-hybridized carbons (Fsp3) is 0.381. The molecule has 1 aliphatic heterocycles. The molecule has 5 nitrogen and oxygen atoms in total. The van der Waals surface area contributed by atoms with Crippen molar-refractivity contribution in [2.75, 3.05) is 27.0 Å². The van der Waals surface area contributed by atoms with Gasteiger partial charge in [0.2, 0.25) is 0 Å². The van der Waals surface area contributed by atoms with Gasteiger partial charge in [0.25, 0.3) is 0 Å². The molecule has 0 aliphatic carbocycles. The number of thioether (sulfide) groups is 1. The normalized spacial score (nSPS) is 18.3. The van der Waals surface area contributed by atoms with Gasteiger partial charge >= 0.3 is 5.97 Å². The van der Waals surface area contributed by atoms with Gasteiger partial charge < -0.3 is 14.6 Å². The first kappa shape index (κ1) is 19.6. The van der Waals surface area contributed by atoms with E-state index >= 15 is 0 Å². The Hall–Kier alpha value is -2.18. The van der Waals surface area contributed by atoms with Crippen LogP contribution in [0, 0.1) is 0 Å². The molecule has 0 aromatic heterocycles. The van der Waals surface area contributed by atoms with Crippen LogP contribution in [-0.2, 0) is 4.79 Å². The van der Waals surface area contributed by atoms with E-state index < -0.39 is 12.0 Å². The molecule has 2 atom stereocenters. The number of aliphatic carboxylic acids is 1. The van der Waals surface area contributed by atoms with Gasteiger partial charge in [0, 0.05) is 17.0 Å². The molecule has 1 saturated heterocycles. The summed E-state index contributed by atoms with van der Waals surface area (Å²) in [5.41, 5.74) is 1.97. The van der Waals surface area contributed by atoms with Crippen LogP contribution in [0.1, 0.15) is 30.0 Å². The number of carboxylic acids is 1. The molecule has 0 spiro atoms. The minimum Gasteiger partial charge on any atom is -0.497 e. The standard InChI is InChI=1S/C21H25NO4S/c1-25-15-8-11-19(26-2)17(13-15)20(14-6-9-16(27-3)10-7-14)22-12-4-5-18(22)21(23)24/h6-11,13,18,20H,4-5,12H2,1-3H3,(H,23,24). The van der Waals surface area contributed by atoms with E-state index in [-0.39, 0.29) is 6.04 Å². The van der Waals surface area contributed by atoms with Crippen LogP contribution in [0.25, 0.3) is 0 Å². The summed E-state index contributed by atoms with van der Waals surface area (Å²) in [6, 6.07) is 13.3. The average Bonchev–Trinajstić information content (AvgIpc) is 3.18. The van der Waals surface area contributed by atoms with Crippen molar-refractivity contribution in [1.82, 2.24) is 4.90 Å². The molecule has 0 amide bonds. The maximum absolute atomic E-state index is 11.9. The Labute approximate surface area is 164 Å². The topological polar surface area (TPSA) is 59.0 Å². The Morgan fingerprint density at radius 3 is 2.52 bits per heavy atom. The van der Waals surface area contributed by atoms with Gasteiger partial charge in [-0.15, -0.1) is 11.8 Å². The molecule has 1 fully saturated rings. The number of hydrogen-bond donors (Lipinski definition) is 1. The van der Waals surface area contributed by atoms with Gasteiger partial charge in [-0.25, -0.2) is 0 Å². The number of carbonyl (C=O) groups is 1. The van der Waals surface area contributed by atoms with Crippen LogP contribution < -0.4 is 9.47 Å². The predicted octanol–water partition coefficient (Wildman–Crippen LogP) is 4.06. The average molecular weight is 388 g/mol. The van der Waals surface area contributed by atoms with Gasteiger partial charge in [-0.2, -0.15) is 0 Å². The fourth-order valence-electron chi connectivity index (χ4n) is 3.75. The Balaban J connectivity index is 2.13.